The van der Waals surface area contributed by atoms with Crippen molar-refractivity contribution in [3.63, 3.8) is 0 Å². The van der Waals surface area contributed by atoms with E-state index in [1.807, 2.05) is 37.3 Å². The maximum Gasteiger partial charge on any atom is 0.334 e. The smallest absolute Gasteiger partial charge is 0.334 e. The molecule has 2 aliphatic rings. The summed E-state index contributed by atoms with van der Waals surface area (Å²) in [5.74, 6) is -1.93. The quantitative estimate of drug-likeness (QED) is 0.586. The first-order valence-electron chi connectivity index (χ1n) is 9.37. The zero-order valence-electron chi connectivity index (χ0n) is 15.8. The van der Waals surface area contributed by atoms with Crippen molar-refractivity contribution in [3.05, 3.63) is 35.9 Å². The molecule has 0 aromatic heterocycles. The molecule has 1 aromatic rings. The van der Waals surface area contributed by atoms with Crippen LogP contribution in [0.1, 0.15) is 38.2 Å². The maximum atomic E-state index is 12.7. The van der Waals surface area contributed by atoms with E-state index in [0.717, 1.165) is 34.6 Å². The van der Waals surface area contributed by atoms with E-state index in [9.17, 15) is 19.2 Å². The third-order valence-electron chi connectivity index (χ3n) is 5.46. The van der Waals surface area contributed by atoms with Gasteiger partial charge in [0.05, 0.1) is 0 Å². The van der Waals surface area contributed by atoms with Crippen LogP contribution in [0.4, 0.5) is 4.79 Å². The first-order chi connectivity index (χ1) is 12.9. The SMILES string of the molecule is C[C@@H]1CCCC[C@@H]1N1C(=O)C(=O)N(CC(=O)N(C)Cc2ccccc2)C1=O. The molecule has 144 valence electrons. The van der Waals surface area contributed by atoms with Crippen LogP contribution in [-0.4, -0.2) is 58.1 Å². The highest BCUT2D eigenvalue weighted by atomic mass is 16.2. The van der Waals surface area contributed by atoms with Crippen LogP contribution in [-0.2, 0) is 20.9 Å². The van der Waals surface area contributed by atoms with Gasteiger partial charge in [0.2, 0.25) is 5.91 Å². The summed E-state index contributed by atoms with van der Waals surface area (Å²) in [6.07, 6.45) is 3.63. The molecule has 1 saturated carbocycles. The highest BCUT2D eigenvalue weighted by molar-refractivity contribution is 6.45. The number of benzene rings is 1. The summed E-state index contributed by atoms with van der Waals surface area (Å²) in [4.78, 5) is 53.3. The van der Waals surface area contributed by atoms with Crippen molar-refractivity contribution in [1.29, 1.82) is 0 Å². The molecule has 27 heavy (non-hydrogen) atoms. The van der Waals surface area contributed by atoms with Gasteiger partial charge < -0.3 is 4.90 Å². The average Bonchev–Trinajstić information content (AvgIpc) is 2.86. The molecule has 2 atom stereocenters. The zero-order chi connectivity index (χ0) is 19.6. The molecule has 0 bridgehead atoms. The maximum absolute atomic E-state index is 12.7. The molecule has 1 aliphatic carbocycles. The first kappa shape index (κ1) is 19.1. The number of nitrogens with zero attached hydrogens (tertiary/aromatic N) is 3. The molecule has 7 nitrogen and oxygen atoms in total. The minimum absolute atomic E-state index is 0.163. The number of carbonyl (C=O) groups excluding carboxylic acids is 4. The summed E-state index contributed by atoms with van der Waals surface area (Å²) in [6, 6.07) is 8.51. The van der Waals surface area contributed by atoms with Crippen LogP contribution in [0, 0.1) is 5.92 Å². The van der Waals surface area contributed by atoms with Crippen molar-refractivity contribution in [2.45, 2.75) is 45.2 Å². The Kier molecular flexibility index (Phi) is 5.58. The van der Waals surface area contributed by atoms with E-state index in [-0.39, 0.29) is 17.9 Å². The molecule has 0 spiro atoms. The number of amides is 5. The van der Waals surface area contributed by atoms with Crippen molar-refractivity contribution >= 4 is 23.8 Å². The van der Waals surface area contributed by atoms with E-state index < -0.39 is 24.4 Å². The fourth-order valence-electron chi connectivity index (χ4n) is 3.84. The fourth-order valence-corrected chi connectivity index (χ4v) is 3.84. The van der Waals surface area contributed by atoms with Crippen LogP contribution in [0.15, 0.2) is 30.3 Å². The normalized spacial score (nSPS) is 23.1. The van der Waals surface area contributed by atoms with Gasteiger partial charge >= 0.3 is 17.8 Å². The number of hydrogen-bond acceptors (Lipinski definition) is 4. The minimum atomic E-state index is -0.903. The monoisotopic (exact) mass is 371 g/mol. The van der Waals surface area contributed by atoms with Crippen LogP contribution < -0.4 is 0 Å². The van der Waals surface area contributed by atoms with Gasteiger partial charge in [0.25, 0.3) is 0 Å². The Morgan fingerprint density at radius 1 is 1.07 bits per heavy atom. The lowest BCUT2D eigenvalue weighted by atomic mass is 9.85. The Morgan fingerprint density at radius 3 is 2.41 bits per heavy atom. The van der Waals surface area contributed by atoms with Gasteiger partial charge in [-0.3, -0.25) is 19.3 Å². The molecule has 7 heteroatoms. The van der Waals surface area contributed by atoms with E-state index in [0.29, 0.717) is 13.0 Å². The Balaban J connectivity index is 1.67. The lowest BCUT2D eigenvalue weighted by Crippen LogP contribution is -2.47. The van der Waals surface area contributed by atoms with Gasteiger partial charge in [-0.05, 0) is 24.3 Å². The van der Waals surface area contributed by atoms with Gasteiger partial charge in [-0.15, -0.1) is 0 Å². The molecule has 1 saturated heterocycles. The van der Waals surface area contributed by atoms with Crippen molar-refractivity contribution in [1.82, 2.24) is 14.7 Å². The van der Waals surface area contributed by atoms with Gasteiger partial charge in [-0.25, -0.2) is 9.69 Å². The van der Waals surface area contributed by atoms with Crippen molar-refractivity contribution in [2.75, 3.05) is 13.6 Å². The molecule has 2 fully saturated rings. The van der Waals surface area contributed by atoms with Gasteiger partial charge in [-0.1, -0.05) is 50.1 Å². The number of carbonyl (C=O) groups is 4. The predicted octanol–water partition coefficient (Wildman–Crippen LogP) is 2.01. The number of hydrogen-bond donors (Lipinski definition) is 0. The van der Waals surface area contributed by atoms with Gasteiger partial charge in [-0.2, -0.15) is 0 Å². The molecule has 0 unspecified atom stereocenters. The molecule has 1 aromatic carbocycles. The number of imide groups is 2. The minimum Gasteiger partial charge on any atom is -0.340 e. The Bertz CT molecular complexity index is 749. The Hall–Kier alpha value is -2.70. The van der Waals surface area contributed by atoms with Crippen LogP contribution in [0.25, 0.3) is 0 Å². The summed E-state index contributed by atoms with van der Waals surface area (Å²) in [6.45, 7) is 1.95. The fraction of sp³-hybridized carbons (Fsp3) is 0.500. The summed E-state index contributed by atoms with van der Waals surface area (Å²) in [5.41, 5.74) is 0.946. The predicted molar refractivity (Wildman–Crippen MR) is 98.3 cm³/mol. The second-order valence-corrected chi connectivity index (χ2v) is 7.41. The van der Waals surface area contributed by atoms with Gasteiger partial charge in [0.15, 0.2) is 0 Å². The number of urea groups is 1. The molecule has 0 N–H and O–H groups in total. The highest BCUT2D eigenvalue weighted by Crippen LogP contribution is 2.31. The Labute approximate surface area is 158 Å². The summed E-state index contributed by atoms with van der Waals surface area (Å²) < 4.78 is 0. The molecule has 1 heterocycles. The molecule has 5 amide bonds. The van der Waals surface area contributed by atoms with Gasteiger partial charge in [0, 0.05) is 19.6 Å². The summed E-state index contributed by atoms with van der Waals surface area (Å²) in [5, 5.41) is 0. The standard InChI is InChI=1S/C20H25N3O4/c1-14-8-6-7-11-16(14)23-19(26)18(25)22(20(23)27)13-17(24)21(2)12-15-9-4-3-5-10-15/h3-5,9-10,14,16H,6-8,11-13H2,1-2H3/t14-,16+/m1/s1. The van der Waals surface area contributed by atoms with Crippen molar-refractivity contribution in [2.24, 2.45) is 5.92 Å². The van der Waals surface area contributed by atoms with Crippen LogP contribution in [0.3, 0.4) is 0 Å². The molecular weight excluding hydrogens is 346 g/mol. The molecule has 1 aliphatic heterocycles. The second-order valence-electron chi connectivity index (χ2n) is 7.41. The van der Waals surface area contributed by atoms with Crippen molar-refractivity contribution in [3.8, 4) is 0 Å². The molecular formula is C20H25N3O4. The summed E-state index contributed by atoms with van der Waals surface area (Å²) >= 11 is 0. The van der Waals surface area contributed by atoms with Gasteiger partial charge in [0.1, 0.15) is 6.54 Å². The van der Waals surface area contributed by atoms with Crippen LogP contribution >= 0.6 is 0 Å². The lowest BCUT2D eigenvalue weighted by Gasteiger charge is -2.34. The van der Waals surface area contributed by atoms with Crippen LogP contribution in [0.2, 0.25) is 0 Å². The molecule has 3 rings (SSSR count). The third kappa shape index (κ3) is 3.86. The third-order valence-corrected chi connectivity index (χ3v) is 5.46. The second kappa shape index (κ2) is 7.90. The molecule has 0 radical (unpaired) electrons. The number of likely N-dealkylation sites (N-methyl/N-ethyl adjacent to an activating group) is 1. The Morgan fingerprint density at radius 2 is 1.74 bits per heavy atom. The van der Waals surface area contributed by atoms with E-state index >= 15 is 0 Å². The van der Waals surface area contributed by atoms with E-state index in [2.05, 4.69) is 0 Å². The van der Waals surface area contributed by atoms with E-state index in [1.54, 1.807) is 7.05 Å². The van der Waals surface area contributed by atoms with E-state index in [4.69, 9.17) is 0 Å². The first-order valence-corrected chi connectivity index (χ1v) is 9.37. The van der Waals surface area contributed by atoms with E-state index in [1.165, 1.54) is 4.90 Å². The summed E-state index contributed by atoms with van der Waals surface area (Å²) in [7, 11) is 1.61. The topological polar surface area (TPSA) is 78.0 Å². The van der Waals surface area contributed by atoms with Crippen LogP contribution in [0.5, 0.6) is 0 Å². The lowest BCUT2D eigenvalue weighted by molar-refractivity contribution is -0.145. The largest absolute Gasteiger partial charge is 0.340 e. The number of rotatable bonds is 5. The average molecular weight is 371 g/mol. The van der Waals surface area contributed by atoms with Crippen molar-refractivity contribution < 1.29 is 19.2 Å². The zero-order valence-corrected chi connectivity index (χ0v) is 15.8. The highest BCUT2D eigenvalue weighted by Gasteiger charge is 2.49.